The second-order valence-electron chi connectivity index (χ2n) is 6.41. The van der Waals surface area contributed by atoms with Gasteiger partial charge in [-0.05, 0) is 12.3 Å². The highest BCUT2D eigenvalue weighted by Gasteiger charge is 2.33. The van der Waals surface area contributed by atoms with E-state index in [1.165, 1.54) is 6.33 Å². The monoisotopic (exact) mass is 335 g/mol. The SMILES string of the molecule is CC(C)C(=O)Nc1nc2c(ncn2[C@H]2C[C@@H](C)[C@@H](CO)O2)c(=O)[nH]1. The van der Waals surface area contributed by atoms with E-state index >= 15 is 0 Å². The van der Waals surface area contributed by atoms with Crippen LogP contribution in [0.4, 0.5) is 5.95 Å². The fourth-order valence-electron chi connectivity index (χ4n) is 2.72. The number of aromatic amines is 1. The molecule has 0 unspecified atom stereocenters. The fraction of sp³-hybridized carbons (Fsp3) is 0.600. The average Bonchev–Trinajstić information content (AvgIpc) is 3.10. The molecule has 0 aromatic carbocycles. The number of aromatic nitrogens is 4. The molecule has 9 heteroatoms. The van der Waals surface area contributed by atoms with E-state index in [1.807, 2.05) is 6.92 Å². The van der Waals surface area contributed by atoms with Crippen molar-refractivity contribution >= 4 is 23.0 Å². The van der Waals surface area contributed by atoms with Gasteiger partial charge in [-0.15, -0.1) is 0 Å². The van der Waals surface area contributed by atoms with Gasteiger partial charge < -0.3 is 9.84 Å². The number of ether oxygens (including phenoxy) is 1. The van der Waals surface area contributed by atoms with Crippen molar-refractivity contribution in [1.82, 2.24) is 19.5 Å². The number of aliphatic hydroxyl groups excluding tert-OH is 1. The predicted octanol–water partition coefficient (Wildman–Crippen LogP) is 0.630. The van der Waals surface area contributed by atoms with Crippen molar-refractivity contribution in [2.75, 3.05) is 11.9 Å². The van der Waals surface area contributed by atoms with Gasteiger partial charge in [0.1, 0.15) is 6.23 Å². The summed E-state index contributed by atoms with van der Waals surface area (Å²) >= 11 is 0. The van der Waals surface area contributed by atoms with Gasteiger partial charge in [-0.3, -0.25) is 24.5 Å². The van der Waals surface area contributed by atoms with Crippen molar-refractivity contribution < 1.29 is 14.6 Å². The number of rotatable bonds is 4. The van der Waals surface area contributed by atoms with Crippen molar-refractivity contribution in [1.29, 1.82) is 0 Å². The number of fused-ring (bicyclic) bond motifs is 1. The van der Waals surface area contributed by atoms with Gasteiger partial charge in [-0.25, -0.2) is 4.98 Å². The molecule has 0 spiro atoms. The van der Waals surface area contributed by atoms with Crippen LogP contribution in [0.15, 0.2) is 11.1 Å². The third kappa shape index (κ3) is 2.92. The van der Waals surface area contributed by atoms with E-state index < -0.39 is 5.56 Å². The van der Waals surface area contributed by atoms with Crippen LogP contribution in [0.3, 0.4) is 0 Å². The molecule has 24 heavy (non-hydrogen) atoms. The van der Waals surface area contributed by atoms with Gasteiger partial charge in [0.05, 0.1) is 19.0 Å². The van der Waals surface area contributed by atoms with E-state index in [1.54, 1.807) is 18.4 Å². The summed E-state index contributed by atoms with van der Waals surface area (Å²) in [6, 6.07) is 0. The van der Waals surface area contributed by atoms with Gasteiger partial charge in [-0.2, -0.15) is 4.98 Å². The Morgan fingerprint density at radius 1 is 1.58 bits per heavy atom. The first-order chi connectivity index (χ1) is 11.4. The second kappa shape index (κ2) is 6.33. The van der Waals surface area contributed by atoms with Crippen molar-refractivity contribution in [2.24, 2.45) is 11.8 Å². The molecule has 9 nitrogen and oxygen atoms in total. The summed E-state index contributed by atoms with van der Waals surface area (Å²) < 4.78 is 7.48. The van der Waals surface area contributed by atoms with Gasteiger partial charge in [0.2, 0.25) is 11.9 Å². The number of hydrogen-bond donors (Lipinski definition) is 3. The third-order valence-electron chi connectivity index (χ3n) is 4.23. The van der Waals surface area contributed by atoms with Gasteiger partial charge in [0.15, 0.2) is 11.2 Å². The Morgan fingerprint density at radius 3 is 2.96 bits per heavy atom. The molecule has 2 aromatic heterocycles. The van der Waals surface area contributed by atoms with Crippen molar-refractivity contribution in [3.63, 3.8) is 0 Å². The van der Waals surface area contributed by atoms with E-state index in [4.69, 9.17) is 4.74 Å². The molecule has 3 heterocycles. The molecule has 1 aliphatic rings. The molecule has 1 aliphatic heterocycles. The van der Waals surface area contributed by atoms with Gasteiger partial charge in [0, 0.05) is 5.92 Å². The molecule has 0 aliphatic carbocycles. The maximum Gasteiger partial charge on any atom is 0.280 e. The number of aliphatic hydroxyl groups is 1. The van der Waals surface area contributed by atoms with Gasteiger partial charge in [-0.1, -0.05) is 20.8 Å². The van der Waals surface area contributed by atoms with E-state index in [0.29, 0.717) is 12.1 Å². The minimum absolute atomic E-state index is 0.0615. The standard InChI is InChI=1S/C15H21N5O4/c1-7(2)13(22)18-15-17-12-11(14(23)19-15)16-6-20(12)10-4-8(3)9(5-21)24-10/h6-10,21H,4-5H2,1-3H3,(H2,17,18,19,22,23)/t8-,9-,10-/m1/s1. The number of amides is 1. The highest BCUT2D eigenvalue weighted by atomic mass is 16.5. The summed E-state index contributed by atoms with van der Waals surface area (Å²) in [5.41, 5.74) is 0.0948. The lowest BCUT2D eigenvalue weighted by molar-refractivity contribution is -0.118. The fourth-order valence-corrected chi connectivity index (χ4v) is 2.72. The number of nitrogens with one attached hydrogen (secondary N) is 2. The smallest absolute Gasteiger partial charge is 0.280 e. The summed E-state index contributed by atoms with van der Waals surface area (Å²) in [6.45, 7) is 5.43. The van der Waals surface area contributed by atoms with Crippen molar-refractivity contribution in [3.05, 3.63) is 16.7 Å². The minimum Gasteiger partial charge on any atom is -0.394 e. The lowest BCUT2D eigenvalue weighted by atomic mass is 10.0. The predicted molar refractivity (Wildman–Crippen MR) is 86.4 cm³/mol. The topological polar surface area (TPSA) is 122 Å². The summed E-state index contributed by atoms with van der Waals surface area (Å²) in [7, 11) is 0. The Kier molecular flexibility index (Phi) is 4.37. The number of imidazole rings is 1. The molecule has 0 bridgehead atoms. The first kappa shape index (κ1) is 16.6. The zero-order valence-corrected chi connectivity index (χ0v) is 13.8. The summed E-state index contributed by atoms with van der Waals surface area (Å²) in [5.74, 6) is -0.216. The summed E-state index contributed by atoms with van der Waals surface area (Å²) in [4.78, 5) is 34.9. The van der Waals surface area contributed by atoms with Crippen LogP contribution in [0.2, 0.25) is 0 Å². The molecule has 3 atom stereocenters. The molecule has 1 saturated heterocycles. The Balaban J connectivity index is 1.97. The van der Waals surface area contributed by atoms with Crippen molar-refractivity contribution in [3.8, 4) is 0 Å². The highest BCUT2D eigenvalue weighted by Crippen LogP contribution is 2.34. The molecule has 0 radical (unpaired) electrons. The molecular formula is C15H21N5O4. The number of hydrogen-bond acceptors (Lipinski definition) is 6. The first-order valence-electron chi connectivity index (χ1n) is 7.94. The normalized spacial score (nSPS) is 24.0. The minimum atomic E-state index is -0.428. The Morgan fingerprint density at radius 2 is 2.33 bits per heavy atom. The van der Waals surface area contributed by atoms with Gasteiger partial charge >= 0.3 is 0 Å². The van der Waals surface area contributed by atoms with E-state index in [9.17, 15) is 14.7 Å². The quantitative estimate of drug-likeness (QED) is 0.753. The highest BCUT2D eigenvalue weighted by molar-refractivity contribution is 5.91. The number of nitrogens with zero attached hydrogens (tertiary/aromatic N) is 3. The summed E-state index contributed by atoms with van der Waals surface area (Å²) in [6.07, 6.45) is 1.57. The van der Waals surface area contributed by atoms with Crippen LogP contribution < -0.4 is 10.9 Å². The molecule has 2 aromatic rings. The van der Waals surface area contributed by atoms with Crippen LogP contribution in [-0.2, 0) is 9.53 Å². The maximum atomic E-state index is 12.2. The zero-order valence-electron chi connectivity index (χ0n) is 13.8. The molecule has 1 amide bonds. The van der Waals surface area contributed by atoms with Crippen LogP contribution in [-0.4, -0.2) is 43.2 Å². The Hall–Kier alpha value is -2.26. The van der Waals surface area contributed by atoms with E-state index in [2.05, 4.69) is 20.3 Å². The number of H-pyrrole nitrogens is 1. The van der Waals surface area contributed by atoms with Crippen molar-refractivity contribution in [2.45, 2.75) is 39.5 Å². The zero-order chi connectivity index (χ0) is 17.4. The molecule has 3 rings (SSSR count). The largest absolute Gasteiger partial charge is 0.394 e. The average molecular weight is 335 g/mol. The van der Waals surface area contributed by atoms with E-state index in [-0.39, 0.29) is 48.1 Å². The molecule has 1 fully saturated rings. The van der Waals surface area contributed by atoms with Crippen LogP contribution in [0.25, 0.3) is 11.2 Å². The Bertz CT molecular complexity index is 812. The third-order valence-corrected chi connectivity index (χ3v) is 4.23. The van der Waals surface area contributed by atoms with Crippen LogP contribution in [0.1, 0.15) is 33.4 Å². The summed E-state index contributed by atoms with van der Waals surface area (Å²) in [5, 5.41) is 11.9. The van der Waals surface area contributed by atoms with E-state index in [0.717, 1.165) is 0 Å². The number of anilines is 1. The molecule has 3 N–H and O–H groups in total. The lowest BCUT2D eigenvalue weighted by Crippen LogP contribution is -2.22. The van der Waals surface area contributed by atoms with Crippen LogP contribution in [0, 0.1) is 11.8 Å². The second-order valence-corrected chi connectivity index (χ2v) is 6.41. The lowest BCUT2D eigenvalue weighted by Gasteiger charge is -2.14. The van der Waals surface area contributed by atoms with Crippen LogP contribution in [0.5, 0.6) is 0 Å². The first-order valence-corrected chi connectivity index (χ1v) is 7.94. The van der Waals surface area contributed by atoms with Gasteiger partial charge in [0.25, 0.3) is 5.56 Å². The van der Waals surface area contributed by atoms with Crippen LogP contribution >= 0.6 is 0 Å². The number of carbonyl (C=O) groups is 1. The maximum absolute atomic E-state index is 12.2. The molecule has 130 valence electrons. The molecule has 0 saturated carbocycles. The molecular weight excluding hydrogens is 314 g/mol. The number of carbonyl (C=O) groups excluding carboxylic acids is 1. The Labute approximate surface area is 138 Å².